The number of benzene rings is 1. The standard InChI is InChI=1S/C11H16N2O2/c1-12(2)9-6-5-8(11(14)15)7-10(9)13(3)4/h5-7H,1-4H3,(H,14,15). The molecule has 0 radical (unpaired) electrons. The van der Waals surface area contributed by atoms with Crippen molar-refractivity contribution in [2.75, 3.05) is 38.0 Å². The van der Waals surface area contributed by atoms with E-state index in [4.69, 9.17) is 5.11 Å². The second-order valence-corrected chi connectivity index (χ2v) is 3.80. The molecule has 4 nitrogen and oxygen atoms in total. The Bertz CT molecular complexity index is 373. The van der Waals surface area contributed by atoms with Crippen LogP contribution < -0.4 is 9.80 Å². The Kier molecular flexibility index (Phi) is 3.19. The third-order valence-corrected chi connectivity index (χ3v) is 2.19. The molecular weight excluding hydrogens is 192 g/mol. The van der Waals surface area contributed by atoms with Crippen LogP contribution in [0.1, 0.15) is 10.4 Å². The number of hydrogen-bond donors (Lipinski definition) is 1. The molecule has 0 saturated carbocycles. The minimum absolute atomic E-state index is 0.310. The summed E-state index contributed by atoms with van der Waals surface area (Å²) < 4.78 is 0. The Morgan fingerprint density at radius 2 is 1.60 bits per heavy atom. The smallest absolute Gasteiger partial charge is 0.335 e. The minimum Gasteiger partial charge on any atom is -0.478 e. The molecule has 0 aromatic heterocycles. The van der Waals surface area contributed by atoms with Crippen LogP contribution in [-0.4, -0.2) is 39.3 Å². The molecule has 0 aliphatic heterocycles. The second-order valence-electron chi connectivity index (χ2n) is 3.80. The van der Waals surface area contributed by atoms with Gasteiger partial charge in [-0.15, -0.1) is 0 Å². The van der Waals surface area contributed by atoms with E-state index in [-0.39, 0.29) is 0 Å². The van der Waals surface area contributed by atoms with E-state index < -0.39 is 5.97 Å². The first-order chi connectivity index (χ1) is 6.93. The second kappa shape index (κ2) is 4.21. The Balaban J connectivity index is 3.27. The van der Waals surface area contributed by atoms with Crippen LogP contribution in [0.4, 0.5) is 11.4 Å². The molecule has 0 spiro atoms. The molecule has 4 heteroatoms. The first-order valence-corrected chi connectivity index (χ1v) is 4.65. The number of rotatable bonds is 3. The topological polar surface area (TPSA) is 43.8 Å². The highest BCUT2D eigenvalue weighted by molar-refractivity contribution is 5.91. The van der Waals surface area contributed by atoms with Gasteiger partial charge in [0, 0.05) is 28.2 Å². The molecule has 82 valence electrons. The van der Waals surface area contributed by atoms with Gasteiger partial charge in [0.1, 0.15) is 0 Å². The molecule has 1 N–H and O–H groups in total. The molecule has 0 aliphatic carbocycles. The van der Waals surface area contributed by atoms with E-state index >= 15 is 0 Å². The van der Waals surface area contributed by atoms with Gasteiger partial charge >= 0.3 is 5.97 Å². The summed E-state index contributed by atoms with van der Waals surface area (Å²) in [6.45, 7) is 0. The van der Waals surface area contributed by atoms with Crippen LogP contribution in [0.3, 0.4) is 0 Å². The van der Waals surface area contributed by atoms with Gasteiger partial charge in [0.25, 0.3) is 0 Å². The minimum atomic E-state index is -0.900. The van der Waals surface area contributed by atoms with E-state index in [0.29, 0.717) is 5.56 Å². The first-order valence-electron chi connectivity index (χ1n) is 4.65. The zero-order valence-electron chi connectivity index (χ0n) is 9.48. The Labute approximate surface area is 89.7 Å². The normalized spacial score (nSPS) is 9.87. The van der Waals surface area contributed by atoms with Gasteiger partial charge in [-0.25, -0.2) is 4.79 Å². The molecule has 1 aromatic carbocycles. The zero-order valence-corrected chi connectivity index (χ0v) is 9.48. The van der Waals surface area contributed by atoms with Crippen molar-refractivity contribution in [3.8, 4) is 0 Å². The van der Waals surface area contributed by atoms with Gasteiger partial charge in [-0.1, -0.05) is 0 Å². The number of hydrogen-bond acceptors (Lipinski definition) is 3. The van der Waals surface area contributed by atoms with E-state index in [1.807, 2.05) is 44.1 Å². The summed E-state index contributed by atoms with van der Waals surface area (Å²) in [6, 6.07) is 5.11. The summed E-state index contributed by atoms with van der Waals surface area (Å²) in [7, 11) is 7.66. The lowest BCUT2D eigenvalue weighted by Crippen LogP contribution is -2.17. The fourth-order valence-corrected chi connectivity index (χ4v) is 1.39. The van der Waals surface area contributed by atoms with Crippen LogP contribution in [0.5, 0.6) is 0 Å². The fraction of sp³-hybridized carbons (Fsp3) is 0.364. The summed E-state index contributed by atoms with van der Waals surface area (Å²) in [5, 5.41) is 8.89. The van der Waals surface area contributed by atoms with Crippen LogP contribution in [0.15, 0.2) is 18.2 Å². The van der Waals surface area contributed by atoms with Crippen LogP contribution >= 0.6 is 0 Å². The predicted molar refractivity (Wildman–Crippen MR) is 62.1 cm³/mol. The molecular formula is C11H16N2O2. The predicted octanol–water partition coefficient (Wildman–Crippen LogP) is 1.52. The van der Waals surface area contributed by atoms with E-state index in [1.165, 1.54) is 0 Å². The molecule has 0 aliphatic rings. The highest BCUT2D eigenvalue weighted by atomic mass is 16.4. The van der Waals surface area contributed by atoms with Crippen LogP contribution in [0.2, 0.25) is 0 Å². The summed E-state index contributed by atoms with van der Waals surface area (Å²) >= 11 is 0. The van der Waals surface area contributed by atoms with Crippen LogP contribution in [0, 0.1) is 0 Å². The van der Waals surface area contributed by atoms with E-state index in [9.17, 15) is 4.79 Å². The first kappa shape index (κ1) is 11.4. The van der Waals surface area contributed by atoms with Crippen molar-refractivity contribution in [3.05, 3.63) is 23.8 Å². The zero-order chi connectivity index (χ0) is 11.6. The van der Waals surface area contributed by atoms with Gasteiger partial charge in [0.15, 0.2) is 0 Å². The van der Waals surface area contributed by atoms with Gasteiger partial charge in [0.2, 0.25) is 0 Å². The Morgan fingerprint density at radius 1 is 1.07 bits per heavy atom. The van der Waals surface area contributed by atoms with Crippen molar-refractivity contribution in [1.82, 2.24) is 0 Å². The number of carboxylic acid groups (broad SMARTS) is 1. The third kappa shape index (κ3) is 2.40. The molecule has 0 amide bonds. The number of nitrogens with zero attached hydrogens (tertiary/aromatic N) is 2. The summed E-state index contributed by atoms with van der Waals surface area (Å²) in [6.07, 6.45) is 0. The molecule has 0 heterocycles. The van der Waals surface area contributed by atoms with Crippen molar-refractivity contribution in [3.63, 3.8) is 0 Å². The lowest BCUT2D eigenvalue weighted by atomic mass is 10.1. The Morgan fingerprint density at radius 3 is 2.00 bits per heavy atom. The third-order valence-electron chi connectivity index (χ3n) is 2.19. The molecule has 0 bridgehead atoms. The average Bonchev–Trinajstić information content (AvgIpc) is 2.16. The summed E-state index contributed by atoms with van der Waals surface area (Å²) in [4.78, 5) is 14.7. The van der Waals surface area contributed by atoms with Gasteiger partial charge in [-0.05, 0) is 18.2 Å². The fourth-order valence-electron chi connectivity index (χ4n) is 1.39. The van der Waals surface area contributed by atoms with Crippen molar-refractivity contribution in [2.45, 2.75) is 0 Å². The molecule has 0 unspecified atom stereocenters. The largest absolute Gasteiger partial charge is 0.478 e. The maximum Gasteiger partial charge on any atom is 0.335 e. The maximum absolute atomic E-state index is 10.8. The maximum atomic E-state index is 10.8. The lowest BCUT2D eigenvalue weighted by molar-refractivity contribution is 0.0697. The van der Waals surface area contributed by atoms with Gasteiger partial charge in [-0.3, -0.25) is 0 Å². The van der Waals surface area contributed by atoms with E-state index in [1.54, 1.807) is 12.1 Å². The molecule has 1 rings (SSSR count). The highest BCUT2D eigenvalue weighted by Crippen LogP contribution is 2.27. The van der Waals surface area contributed by atoms with Crippen molar-refractivity contribution in [2.24, 2.45) is 0 Å². The lowest BCUT2D eigenvalue weighted by Gasteiger charge is -2.22. The molecule has 15 heavy (non-hydrogen) atoms. The SMILES string of the molecule is CN(C)c1ccc(C(=O)O)cc1N(C)C. The van der Waals surface area contributed by atoms with Crippen molar-refractivity contribution >= 4 is 17.3 Å². The quantitative estimate of drug-likeness (QED) is 0.817. The van der Waals surface area contributed by atoms with Crippen molar-refractivity contribution < 1.29 is 9.90 Å². The number of aromatic carboxylic acids is 1. The van der Waals surface area contributed by atoms with Crippen LogP contribution in [-0.2, 0) is 0 Å². The molecule has 0 atom stereocenters. The average molecular weight is 208 g/mol. The van der Waals surface area contributed by atoms with Gasteiger partial charge in [0.05, 0.1) is 16.9 Å². The number of anilines is 2. The van der Waals surface area contributed by atoms with Crippen LogP contribution in [0.25, 0.3) is 0 Å². The molecule has 1 aromatic rings. The number of carboxylic acids is 1. The number of carbonyl (C=O) groups is 1. The highest BCUT2D eigenvalue weighted by Gasteiger charge is 2.10. The Hall–Kier alpha value is -1.71. The molecule has 0 fully saturated rings. The monoisotopic (exact) mass is 208 g/mol. The van der Waals surface area contributed by atoms with E-state index in [2.05, 4.69) is 0 Å². The summed E-state index contributed by atoms with van der Waals surface area (Å²) in [5.74, 6) is -0.900. The van der Waals surface area contributed by atoms with Crippen molar-refractivity contribution in [1.29, 1.82) is 0 Å². The van der Waals surface area contributed by atoms with E-state index in [0.717, 1.165) is 11.4 Å². The van der Waals surface area contributed by atoms with Gasteiger partial charge < -0.3 is 14.9 Å². The van der Waals surface area contributed by atoms with Gasteiger partial charge in [-0.2, -0.15) is 0 Å². The molecule has 0 saturated heterocycles. The summed E-state index contributed by atoms with van der Waals surface area (Å²) in [5.41, 5.74) is 2.22.